The lowest BCUT2D eigenvalue weighted by Gasteiger charge is -2.10. The molecule has 8 heteroatoms. The molecule has 0 saturated heterocycles. The highest BCUT2D eigenvalue weighted by molar-refractivity contribution is 5.60. The van der Waals surface area contributed by atoms with E-state index in [0.717, 1.165) is 6.61 Å². The van der Waals surface area contributed by atoms with Crippen LogP contribution in [0.25, 0.3) is 0 Å². The van der Waals surface area contributed by atoms with Gasteiger partial charge < -0.3 is 15.4 Å². The molecule has 1 aliphatic rings. The van der Waals surface area contributed by atoms with Crippen LogP contribution >= 0.6 is 0 Å². The molecule has 0 unspecified atom stereocenters. The first-order valence-electron chi connectivity index (χ1n) is 7.20. The number of anilines is 2. The van der Waals surface area contributed by atoms with Gasteiger partial charge in [0.1, 0.15) is 5.69 Å². The third-order valence-corrected chi connectivity index (χ3v) is 3.17. The normalized spacial score (nSPS) is 14.0. The van der Waals surface area contributed by atoms with E-state index in [2.05, 4.69) is 20.6 Å². The summed E-state index contributed by atoms with van der Waals surface area (Å²) in [6.07, 6.45) is 2.49. The van der Waals surface area contributed by atoms with E-state index < -0.39 is 4.92 Å². The van der Waals surface area contributed by atoms with Crippen LogP contribution in [0, 0.1) is 23.0 Å². The van der Waals surface area contributed by atoms with Crippen molar-refractivity contribution in [1.82, 2.24) is 9.97 Å². The molecule has 1 aromatic rings. The smallest absolute Gasteiger partial charge is 0.332 e. The number of aromatic nitrogens is 2. The van der Waals surface area contributed by atoms with Crippen LogP contribution in [0.2, 0.25) is 0 Å². The minimum atomic E-state index is -0.460. The SMILES string of the molecule is CCNc1nc(C)c([N+](=O)[O-])c(NCCOCC2CC2)n1. The molecule has 1 aromatic heterocycles. The van der Waals surface area contributed by atoms with Gasteiger partial charge in [-0.3, -0.25) is 10.1 Å². The Labute approximate surface area is 123 Å². The second-order valence-corrected chi connectivity index (χ2v) is 5.06. The second kappa shape index (κ2) is 7.16. The van der Waals surface area contributed by atoms with Crippen molar-refractivity contribution in [2.45, 2.75) is 26.7 Å². The average molecular weight is 295 g/mol. The van der Waals surface area contributed by atoms with E-state index in [4.69, 9.17) is 4.74 Å². The molecular weight excluding hydrogens is 274 g/mol. The minimum absolute atomic E-state index is 0.0844. The molecule has 1 fully saturated rings. The summed E-state index contributed by atoms with van der Waals surface area (Å²) in [4.78, 5) is 18.9. The third kappa shape index (κ3) is 4.52. The summed E-state index contributed by atoms with van der Waals surface area (Å²) < 4.78 is 5.50. The number of ether oxygens (including phenoxy) is 1. The summed E-state index contributed by atoms with van der Waals surface area (Å²) in [5.74, 6) is 1.33. The lowest BCUT2D eigenvalue weighted by Crippen LogP contribution is -2.15. The van der Waals surface area contributed by atoms with Gasteiger partial charge >= 0.3 is 5.69 Å². The predicted molar refractivity (Wildman–Crippen MR) is 79.6 cm³/mol. The van der Waals surface area contributed by atoms with Crippen LogP contribution in [0.4, 0.5) is 17.5 Å². The van der Waals surface area contributed by atoms with Crippen molar-refractivity contribution in [3.63, 3.8) is 0 Å². The Balaban J connectivity index is 1.97. The van der Waals surface area contributed by atoms with Gasteiger partial charge in [0.2, 0.25) is 11.8 Å². The Morgan fingerprint density at radius 1 is 1.38 bits per heavy atom. The Hall–Kier alpha value is -1.96. The molecule has 1 heterocycles. The molecule has 1 aliphatic carbocycles. The van der Waals surface area contributed by atoms with Gasteiger partial charge in [-0.25, -0.2) is 4.98 Å². The van der Waals surface area contributed by atoms with Crippen molar-refractivity contribution in [2.75, 3.05) is 36.9 Å². The van der Waals surface area contributed by atoms with Gasteiger partial charge in [-0.1, -0.05) is 0 Å². The molecule has 1 saturated carbocycles. The summed E-state index contributed by atoms with van der Waals surface area (Å²) in [5, 5.41) is 17.1. The highest BCUT2D eigenvalue weighted by Crippen LogP contribution is 2.29. The fraction of sp³-hybridized carbons (Fsp3) is 0.692. The van der Waals surface area contributed by atoms with Crippen LogP contribution in [0.5, 0.6) is 0 Å². The molecule has 0 atom stereocenters. The van der Waals surface area contributed by atoms with Gasteiger partial charge in [-0.05, 0) is 32.6 Å². The summed E-state index contributed by atoms with van der Waals surface area (Å²) in [7, 11) is 0. The minimum Gasteiger partial charge on any atom is -0.379 e. The quantitative estimate of drug-likeness (QED) is 0.408. The third-order valence-electron chi connectivity index (χ3n) is 3.17. The van der Waals surface area contributed by atoms with Gasteiger partial charge in [0.15, 0.2) is 0 Å². The molecule has 116 valence electrons. The average Bonchev–Trinajstić information content (AvgIpc) is 3.22. The lowest BCUT2D eigenvalue weighted by atomic mass is 10.3. The van der Waals surface area contributed by atoms with Crippen molar-refractivity contribution < 1.29 is 9.66 Å². The van der Waals surface area contributed by atoms with Crippen LogP contribution in [-0.4, -0.2) is 41.2 Å². The monoisotopic (exact) mass is 295 g/mol. The lowest BCUT2D eigenvalue weighted by molar-refractivity contribution is -0.385. The Morgan fingerprint density at radius 3 is 2.76 bits per heavy atom. The molecule has 2 N–H and O–H groups in total. The fourth-order valence-corrected chi connectivity index (χ4v) is 1.92. The van der Waals surface area contributed by atoms with Crippen LogP contribution in [-0.2, 0) is 4.74 Å². The Morgan fingerprint density at radius 2 is 2.14 bits per heavy atom. The van der Waals surface area contributed by atoms with E-state index >= 15 is 0 Å². The number of hydrogen-bond acceptors (Lipinski definition) is 7. The number of nitrogens with zero attached hydrogens (tertiary/aromatic N) is 3. The molecule has 8 nitrogen and oxygen atoms in total. The first-order valence-corrected chi connectivity index (χ1v) is 7.20. The summed E-state index contributed by atoms with van der Waals surface area (Å²) in [6, 6.07) is 0. The van der Waals surface area contributed by atoms with E-state index in [1.807, 2.05) is 6.92 Å². The Kier molecular flexibility index (Phi) is 5.26. The van der Waals surface area contributed by atoms with Crippen LogP contribution in [0.1, 0.15) is 25.5 Å². The van der Waals surface area contributed by atoms with Gasteiger partial charge in [0.05, 0.1) is 11.5 Å². The molecule has 0 radical (unpaired) electrons. The number of hydrogen-bond donors (Lipinski definition) is 2. The number of nitro groups is 1. The van der Waals surface area contributed by atoms with Crippen LogP contribution in [0.15, 0.2) is 0 Å². The first kappa shape index (κ1) is 15.4. The molecule has 21 heavy (non-hydrogen) atoms. The number of rotatable bonds is 9. The molecular formula is C13H21N5O3. The van der Waals surface area contributed by atoms with E-state index in [1.54, 1.807) is 6.92 Å². The van der Waals surface area contributed by atoms with Crippen molar-refractivity contribution in [1.29, 1.82) is 0 Å². The summed E-state index contributed by atoms with van der Waals surface area (Å²) in [5.41, 5.74) is 0.256. The van der Waals surface area contributed by atoms with Gasteiger partial charge in [0, 0.05) is 19.7 Å². The van der Waals surface area contributed by atoms with Crippen LogP contribution in [0.3, 0.4) is 0 Å². The van der Waals surface area contributed by atoms with Gasteiger partial charge in [-0.15, -0.1) is 0 Å². The number of nitrogens with one attached hydrogen (secondary N) is 2. The predicted octanol–water partition coefficient (Wildman–Crippen LogP) is 1.96. The topological polar surface area (TPSA) is 102 Å². The van der Waals surface area contributed by atoms with E-state index in [1.165, 1.54) is 12.8 Å². The zero-order chi connectivity index (χ0) is 15.2. The highest BCUT2D eigenvalue weighted by atomic mass is 16.6. The van der Waals surface area contributed by atoms with Gasteiger partial charge in [0.25, 0.3) is 0 Å². The summed E-state index contributed by atoms with van der Waals surface area (Å²) in [6.45, 7) is 5.94. The second-order valence-electron chi connectivity index (χ2n) is 5.06. The van der Waals surface area contributed by atoms with Crippen molar-refractivity contribution in [3.8, 4) is 0 Å². The van der Waals surface area contributed by atoms with E-state index in [-0.39, 0.29) is 11.5 Å². The molecule has 0 aliphatic heterocycles. The molecule has 0 aromatic carbocycles. The van der Waals surface area contributed by atoms with Crippen molar-refractivity contribution in [3.05, 3.63) is 15.8 Å². The van der Waals surface area contributed by atoms with E-state index in [9.17, 15) is 10.1 Å². The highest BCUT2D eigenvalue weighted by Gasteiger charge is 2.22. The van der Waals surface area contributed by atoms with Crippen molar-refractivity contribution >= 4 is 17.5 Å². The maximum atomic E-state index is 11.1. The standard InChI is InChI=1S/C13H21N5O3/c1-3-14-13-16-9(2)11(18(19)20)12(17-13)15-6-7-21-8-10-4-5-10/h10H,3-8H2,1-2H3,(H2,14,15,16,17). The van der Waals surface area contributed by atoms with E-state index in [0.29, 0.717) is 37.3 Å². The fourth-order valence-electron chi connectivity index (χ4n) is 1.92. The van der Waals surface area contributed by atoms with Gasteiger partial charge in [-0.2, -0.15) is 4.98 Å². The molecule has 0 amide bonds. The summed E-state index contributed by atoms with van der Waals surface area (Å²) >= 11 is 0. The molecule has 0 spiro atoms. The van der Waals surface area contributed by atoms with Crippen molar-refractivity contribution in [2.24, 2.45) is 5.92 Å². The zero-order valence-corrected chi connectivity index (χ0v) is 12.4. The molecule has 2 rings (SSSR count). The van der Waals surface area contributed by atoms with Crippen LogP contribution < -0.4 is 10.6 Å². The first-order chi connectivity index (χ1) is 10.1. The maximum absolute atomic E-state index is 11.1. The maximum Gasteiger partial charge on any atom is 0.332 e. The number of aryl methyl sites for hydroxylation is 1. The Bertz CT molecular complexity index is 505. The molecule has 0 bridgehead atoms. The largest absolute Gasteiger partial charge is 0.379 e. The zero-order valence-electron chi connectivity index (χ0n) is 12.4.